The van der Waals surface area contributed by atoms with Gasteiger partial charge in [0.05, 0.1) is 12.8 Å². The molecule has 2 amide bonds. The summed E-state index contributed by atoms with van der Waals surface area (Å²) in [4.78, 5) is 24.7. The first kappa shape index (κ1) is 17.8. The summed E-state index contributed by atoms with van der Waals surface area (Å²) in [5.74, 6) is 0.741. The first-order valence-electron chi connectivity index (χ1n) is 8.55. The van der Waals surface area contributed by atoms with Crippen molar-refractivity contribution in [1.82, 2.24) is 10.6 Å². The zero-order chi connectivity index (χ0) is 18.5. The smallest absolute Gasteiger partial charge is 0.287 e. The molecule has 0 fully saturated rings. The molecule has 7 nitrogen and oxygen atoms in total. The Hall–Kier alpha value is -2.96. The van der Waals surface area contributed by atoms with Gasteiger partial charge in [0.25, 0.3) is 5.91 Å². The fourth-order valence-corrected chi connectivity index (χ4v) is 2.64. The molecule has 0 saturated carbocycles. The molecule has 1 aromatic heterocycles. The lowest BCUT2D eigenvalue weighted by atomic mass is 10.0. The molecule has 2 aromatic rings. The highest BCUT2D eigenvalue weighted by atomic mass is 16.6. The number of amides is 2. The number of nitrogens with one attached hydrogen (secondary N) is 2. The molecule has 1 aliphatic heterocycles. The van der Waals surface area contributed by atoms with Gasteiger partial charge in [0.1, 0.15) is 18.8 Å². The highest BCUT2D eigenvalue weighted by Crippen LogP contribution is 2.30. The predicted molar refractivity (Wildman–Crippen MR) is 94.2 cm³/mol. The average Bonchev–Trinajstić information content (AvgIpc) is 3.18. The molecule has 138 valence electrons. The third-order valence-electron chi connectivity index (χ3n) is 4.05. The van der Waals surface area contributed by atoms with Crippen LogP contribution in [0.25, 0.3) is 0 Å². The van der Waals surface area contributed by atoms with E-state index >= 15 is 0 Å². The van der Waals surface area contributed by atoms with Crippen LogP contribution in [0.3, 0.4) is 0 Å². The standard InChI is InChI=1S/C19H22N2O5/c1-12(2)17(21-18(22)16-8-5-9-24-16)19(23)20-10-13-11-25-14-6-3-4-7-15(14)26-13/h3-9,12-13,17H,10-11H2,1-2H3,(H,20,23)(H,21,22)/t13?,17-/m0/s1. The SMILES string of the molecule is CC(C)[C@H](NC(=O)c1ccco1)C(=O)NCC1COc2ccccc2O1. The molecule has 1 aliphatic rings. The number of fused-ring (bicyclic) bond motifs is 1. The quantitative estimate of drug-likeness (QED) is 0.824. The van der Waals surface area contributed by atoms with Gasteiger partial charge >= 0.3 is 0 Å². The summed E-state index contributed by atoms with van der Waals surface area (Å²) in [5.41, 5.74) is 0. The van der Waals surface area contributed by atoms with E-state index in [0.717, 1.165) is 0 Å². The molecular formula is C19H22N2O5. The molecule has 2 N–H and O–H groups in total. The lowest BCUT2D eigenvalue weighted by Gasteiger charge is -2.27. The van der Waals surface area contributed by atoms with Crippen molar-refractivity contribution in [2.75, 3.05) is 13.2 Å². The minimum Gasteiger partial charge on any atom is -0.486 e. The number of furan rings is 1. The fourth-order valence-electron chi connectivity index (χ4n) is 2.64. The zero-order valence-electron chi connectivity index (χ0n) is 14.7. The Morgan fingerprint density at radius 1 is 1.15 bits per heavy atom. The summed E-state index contributed by atoms with van der Waals surface area (Å²) in [6, 6.07) is 9.89. The first-order chi connectivity index (χ1) is 12.5. The summed E-state index contributed by atoms with van der Waals surface area (Å²) >= 11 is 0. The van der Waals surface area contributed by atoms with E-state index in [2.05, 4.69) is 10.6 Å². The van der Waals surface area contributed by atoms with Crippen molar-refractivity contribution in [2.24, 2.45) is 5.92 Å². The van der Waals surface area contributed by atoms with Gasteiger partial charge < -0.3 is 24.5 Å². The lowest BCUT2D eigenvalue weighted by molar-refractivity contribution is -0.124. The fraction of sp³-hybridized carbons (Fsp3) is 0.368. The molecule has 7 heteroatoms. The highest BCUT2D eigenvalue weighted by Gasteiger charge is 2.27. The van der Waals surface area contributed by atoms with Gasteiger partial charge in [-0.05, 0) is 30.2 Å². The lowest BCUT2D eigenvalue weighted by Crippen LogP contribution is -2.52. The van der Waals surface area contributed by atoms with E-state index in [1.54, 1.807) is 12.1 Å². The molecule has 0 bridgehead atoms. The Morgan fingerprint density at radius 2 is 1.92 bits per heavy atom. The number of rotatable bonds is 6. The minimum atomic E-state index is -0.676. The molecule has 3 rings (SSSR count). The number of carbonyl (C=O) groups excluding carboxylic acids is 2. The van der Waals surface area contributed by atoms with Crippen molar-refractivity contribution in [3.05, 3.63) is 48.4 Å². The Labute approximate surface area is 151 Å². The van der Waals surface area contributed by atoms with Crippen molar-refractivity contribution in [1.29, 1.82) is 0 Å². The van der Waals surface area contributed by atoms with Crippen molar-refractivity contribution < 1.29 is 23.5 Å². The van der Waals surface area contributed by atoms with Gasteiger partial charge in [-0.25, -0.2) is 0 Å². The van der Waals surface area contributed by atoms with Crippen LogP contribution in [0, 0.1) is 5.92 Å². The van der Waals surface area contributed by atoms with Crippen molar-refractivity contribution >= 4 is 11.8 Å². The summed E-state index contributed by atoms with van der Waals surface area (Å²) in [6.07, 6.45) is 1.12. The molecule has 2 atom stereocenters. The largest absolute Gasteiger partial charge is 0.486 e. The number of carbonyl (C=O) groups is 2. The summed E-state index contributed by atoms with van der Waals surface area (Å²) in [6.45, 7) is 4.36. The summed E-state index contributed by atoms with van der Waals surface area (Å²) < 4.78 is 16.5. The second-order valence-electron chi connectivity index (χ2n) is 6.42. The Kier molecular flexibility index (Phi) is 5.46. The van der Waals surface area contributed by atoms with Crippen molar-refractivity contribution in [3.8, 4) is 11.5 Å². The van der Waals surface area contributed by atoms with Gasteiger partial charge in [-0.3, -0.25) is 9.59 Å². The summed E-state index contributed by atoms with van der Waals surface area (Å²) in [5, 5.41) is 5.53. The number of para-hydroxylation sites is 2. The third-order valence-corrected chi connectivity index (χ3v) is 4.05. The molecule has 0 aliphatic carbocycles. The van der Waals surface area contributed by atoms with Gasteiger partial charge in [0, 0.05) is 0 Å². The zero-order valence-corrected chi connectivity index (χ0v) is 14.7. The number of benzene rings is 1. The number of ether oxygens (including phenoxy) is 2. The van der Waals surface area contributed by atoms with Crippen LogP contribution < -0.4 is 20.1 Å². The van der Waals surface area contributed by atoms with E-state index in [1.807, 2.05) is 38.1 Å². The number of hydrogen-bond donors (Lipinski definition) is 2. The molecule has 26 heavy (non-hydrogen) atoms. The molecule has 0 spiro atoms. The minimum absolute atomic E-state index is 0.0850. The van der Waals surface area contributed by atoms with E-state index in [-0.39, 0.29) is 30.2 Å². The van der Waals surface area contributed by atoms with E-state index < -0.39 is 11.9 Å². The van der Waals surface area contributed by atoms with Crippen LogP contribution in [0.4, 0.5) is 0 Å². The van der Waals surface area contributed by atoms with E-state index in [9.17, 15) is 9.59 Å². The van der Waals surface area contributed by atoms with Crippen LogP contribution in [0.5, 0.6) is 11.5 Å². The van der Waals surface area contributed by atoms with Crippen molar-refractivity contribution in [2.45, 2.75) is 26.0 Å². The molecule has 1 aromatic carbocycles. The molecule has 2 heterocycles. The average molecular weight is 358 g/mol. The normalized spacial score (nSPS) is 16.8. The van der Waals surface area contributed by atoms with Crippen LogP contribution in [0.1, 0.15) is 24.4 Å². The Bertz CT molecular complexity index is 757. The van der Waals surface area contributed by atoms with E-state index in [4.69, 9.17) is 13.9 Å². The molecule has 0 radical (unpaired) electrons. The van der Waals surface area contributed by atoms with E-state index in [0.29, 0.717) is 18.1 Å². The highest BCUT2D eigenvalue weighted by molar-refractivity contribution is 5.95. The molecule has 0 saturated heterocycles. The Morgan fingerprint density at radius 3 is 2.62 bits per heavy atom. The van der Waals surface area contributed by atoms with Crippen LogP contribution in [0.2, 0.25) is 0 Å². The third kappa shape index (κ3) is 4.17. The van der Waals surface area contributed by atoms with Gasteiger partial charge in [0.15, 0.2) is 17.3 Å². The van der Waals surface area contributed by atoms with Crippen LogP contribution in [-0.2, 0) is 4.79 Å². The molecular weight excluding hydrogens is 336 g/mol. The van der Waals surface area contributed by atoms with Gasteiger partial charge in [0.2, 0.25) is 5.91 Å². The first-order valence-corrected chi connectivity index (χ1v) is 8.55. The Balaban J connectivity index is 1.54. The second kappa shape index (κ2) is 7.95. The summed E-state index contributed by atoms with van der Waals surface area (Å²) in [7, 11) is 0. The van der Waals surface area contributed by atoms with Crippen LogP contribution in [-0.4, -0.2) is 37.1 Å². The molecule has 1 unspecified atom stereocenters. The van der Waals surface area contributed by atoms with Gasteiger partial charge in [-0.1, -0.05) is 26.0 Å². The van der Waals surface area contributed by atoms with Crippen LogP contribution >= 0.6 is 0 Å². The second-order valence-corrected chi connectivity index (χ2v) is 6.42. The monoisotopic (exact) mass is 358 g/mol. The number of hydrogen-bond acceptors (Lipinski definition) is 5. The maximum atomic E-state index is 12.5. The predicted octanol–water partition coefficient (Wildman–Crippen LogP) is 1.99. The maximum absolute atomic E-state index is 12.5. The van der Waals surface area contributed by atoms with Crippen LogP contribution in [0.15, 0.2) is 47.1 Å². The topological polar surface area (TPSA) is 89.8 Å². The van der Waals surface area contributed by atoms with E-state index in [1.165, 1.54) is 6.26 Å². The van der Waals surface area contributed by atoms with Gasteiger partial charge in [-0.15, -0.1) is 0 Å². The maximum Gasteiger partial charge on any atom is 0.287 e. The van der Waals surface area contributed by atoms with Gasteiger partial charge in [-0.2, -0.15) is 0 Å². The van der Waals surface area contributed by atoms with Crippen molar-refractivity contribution in [3.63, 3.8) is 0 Å².